The maximum atomic E-state index is 9.64. The molecular formula is C21H19BrN2O3. The molecule has 0 aromatic heterocycles. The Morgan fingerprint density at radius 2 is 1.74 bits per heavy atom. The minimum absolute atomic E-state index is 0.00792. The number of hydrogen-bond acceptors (Lipinski definition) is 4. The number of aryl methyl sites for hydroxylation is 1. The van der Waals surface area contributed by atoms with E-state index in [-0.39, 0.29) is 11.6 Å². The van der Waals surface area contributed by atoms with E-state index in [0.717, 1.165) is 32.3 Å². The standard InChI is InChI=1S/C21H19BrN2O3/c1-12-3-8-16(27-2)11-17(12)20-18(13-4-6-15(25)7-5-13)9-14(22)10-19(20)21(23)24-26/h3-11,25-26H,1-2H3,(H2,23,24). The maximum Gasteiger partial charge on any atom is 0.170 e. The molecular weight excluding hydrogens is 408 g/mol. The van der Waals surface area contributed by atoms with Gasteiger partial charge < -0.3 is 20.8 Å². The van der Waals surface area contributed by atoms with Gasteiger partial charge in [0, 0.05) is 15.6 Å². The highest BCUT2D eigenvalue weighted by Gasteiger charge is 2.19. The zero-order valence-corrected chi connectivity index (χ0v) is 16.5. The summed E-state index contributed by atoms with van der Waals surface area (Å²) in [7, 11) is 1.61. The molecule has 6 heteroatoms. The number of nitrogens with two attached hydrogens (primary N) is 1. The van der Waals surface area contributed by atoms with Gasteiger partial charge in [0.05, 0.1) is 7.11 Å². The maximum absolute atomic E-state index is 9.64. The smallest absolute Gasteiger partial charge is 0.170 e. The molecule has 3 aromatic carbocycles. The molecule has 3 aromatic rings. The Morgan fingerprint density at radius 3 is 2.37 bits per heavy atom. The molecule has 0 aliphatic carbocycles. The Hall–Kier alpha value is -2.99. The highest BCUT2D eigenvalue weighted by atomic mass is 79.9. The second kappa shape index (κ2) is 7.72. The van der Waals surface area contributed by atoms with Gasteiger partial charge in [0.15, 0.2) is 5.84 Å². The first-order chi connectivity index (χ1) is 12.9. The van der Waals surface area contributed by atoms with Crippen LogP contribution in [0.15, 0.2) is 64.2 Å². The molecule has 0 atom stereocenters. The van der Waals surface area contributed by atoms with Crippen LogP contribution in [0.3, 0.4) is 0 Å². The number of aromatic hydroxyl groups is 1. The Balaban J connectivity index is 2.41. The molecule has 138 valence electrons. The lowest BCUT2D eigenvalue weighted by atomic mass is 9.88. The molecule has 3 rings (SSSR count). The van der Waals surface area contributed by atoms with Gasteiger partial charge in [0.2, 0.25) is 0 Å². The van der Waals surface area contributed by atoms with E-state index in [1.807, 2.05) is 49.4 Å². The van der Waals surface area contributed by atoms with Gasteiger partial charge in [-0.05, 0) is 65.6 Å². The van der Waals surface area contributed by atoms with E-state index in [1.165, 1.54) is 0 Å². The topological polar surface area (TPSA) is 88.1 Å². The van der Waals surface area contributed by atoms with Gasteiger partial charge >= 0.3 is 0 Å². The monoisotopic (exact) mass is 426 g/mol. The van der Waals surface area contributed by atoms with Gasteiger partial charge in [-0.1, -0.05) is 39.3 Å². The fourth-order valence-electron chi connectivity index (χ4n) is 3.02. The summed E-state index contributed by atoms with van der Waals surface area (Å²) in [6.07, 6.45) is 0. The van der Waals surface area contributed by atoms with Crippen LogP contribution in [-0.4, -0.2) is 23.3 Å². The van der Waals surface area contributed by atoms with Crippen LogP contribution in [0.4, 0.5) is 0 Å². The first-order valence-corrected chi connectivity index (χ1v) is 8.99. The number of benzene rings is 3. The van der Waals surface area contributed by atoms with Gasteiger partial charge in [-0.3, -0.25) is 0 Å². The highest BCUT2D eigenvalue weighted by molar-refractivity contribution is 9.10. The third-order valence-corrected chi connectivity index (χ3v) is 4.84. The van der Waals surface area contributed by atoms with Crippen LogP contribution in [0.5, 0.6) is 11.5 Å². The van der Waals surface area contributed by atoms with Crippen molar-refractivity contribution in [1.82, 2.24) is 0 Å². The molecule has 0 radical (unpaired) electrons. The zero-order chi connectivity index (χ0) is 19.6. The van der Waals surface area contributed by atoms with Crippen molar-refractivity contribution in [3.8, 4) is 33.8 Å². The number of hydrogen-bond donors (Lipinski definition) is 3. The molecule has 5 nitrogen and oxygen atoms in total. The molecule has 0 saturated carbocycles. The van der Waals surface area contributed by atoms with Crippen LogP contribution < -0.4 is 10.5 Å². The summed E-state index contributed by atoms with van der Waals surface area (Å²) in [5.74, 6) is 0.902. The van der Waals surface area contributed by atoms with Crippen LogP contribution in [0.1, 0.15) is 11.1 Å². The molecule has 0 saturated heterocycles. The minimum atomic E-state index is 0.00792. The van der Waals surface area contributed by atoms with Crippen LogP contribution in [0.25, 0.3) is 22.3 Å². The summed E-state index contributed by atoms with van der Waals surface area (Å²) >= 11 is 3.51. The van der Waals surface area contributed by atoms with E-state index in [1.54, 1.807) is 19.2 Å². The summed E-state index contributed by atoms with van der Waals surface area (Å²) in [4.78, 5) is 0. The van der Waals surface area contributed by atoms with Gasteiger partial charge in [0.1, 0.15) is 11.5 Å². The molecule has 0 fully saturated rings. The number of phenolic OH excluding ortho intramolecular Hbond substituents is 1. The number of nitrogens with zero attached hydrogens (tertiary/aromatic N) is 1. The lowest BCUT2D eigenvalue weighted by Gasteiger charge is -2.18. The highest BCUT2D eigenvalue weighted by Crippen LogP contribution is 2.40. The quantitative estimate of drug-likeness (QED) is 0.239. The van der Waals surface area contributed by atoms with E-state index < -0.39 is 0 Å². The van der Waals surface area contributed by atoms with Gasteiger partial charge in [-0.15, -0.1) is 0 Å². The lowest BCUT2D eigenvalue weighted by Crippen LogP contribution is -2.15. The van der Waals surface area contributed by atoms with E-state index in [4.69, 9.17) is 10.5 Å². The molecule has 0 heterocycles. The number of halogens is 1. The Bertz CT molecular complexity index is 1010. The van der Waals surface area contributed by atoms with Crippen molar-refractivity contribution < 1.29 is 15.1 Å². The number of methoxy groups -OCH3 is 1. The van der Waals surface area contributed by atoms with Crippen molar-refractivity contribution in [3.63, 3.8) is 0 Å². The number of phenols is 1. The Kier molecular flexibility index (Phi) is 5.37. The molecule has 0 unspecified atom stereocenters. The van der Waals surface area contributed by atoms with Gasteiger partial charge in [0.25, 0.3) is 0 Å². The average Bonchev–Trinajstić information content (AvgIpc) is 2.68. The predicted octanol–water partition coefficient (Wildman–Crippen LogP) is 4.90. The molecule has 0 bridgehead atoms. The SMILES string of the molecule is COc1ccc(C)c(-c2c(/C(N)=N/O)cc(Br)cc2-c2ccc(O)cc2)c1. The predicted molar refractivity (Wildman–Crippen MR) is 110 cm³/mol. The van der Waals surface area contributed by atoms with E-state index >= 15 is 0 Å². The van der Waals surface area contributed by atoms with Crippen LogP contribution >= 0.6 is 15.9 Å². The third-order valence-electron chi connectivity index (χ3n) is 4.38. The fourth-order valence-corrected chi connectivity index (χ4v) is 3.48. The Morgan fingerprint density at radius 1 is 1.04 bits per heavy atom. The van der Waals surface area contributed by atoms with Crippen LogP contribution in [-0.2, 0) is 0 Å². The second-order valence-corrected chi connectivity index (χ2v) is 7.00. The summed E-state index contributed by atoms with van der Waals surface area (Å²) in [5, 5.41) is 22.2. The summed E-state index contributed by atoms with van der Waals surface area (Å²) in [6, 6.07) is 16.5. The van der Waals surface area contributed by atoms with E-state index in [0.29, 0.717) is 11.3 Å². The van der Waals surface area contributed by atoms with E-state index in [9.17, 15) is 10.3 Å². The third kappa shape index (κ3) is 3.75. The van der Waals surface area contributed by atoms with Crippen molar-refractivity contribution in [2.75, 3.05) is 7.11 Å². The summed E-state index contributed by atoms with van der Waals surface area (Å²) < 4.78 is 6.18. The molecule has 27 heavy (non-hydrogen) atoms. The molecule has 0 aliphatic heterocycles. The molecule has 4 N–H and O–H groups in total. The molecule has 0 amide bonds. The van der Waals surface area contributed by atoms with Crippen LogP contribution in [0, 0.1) is 6.92 Å². The lowest BCUT2D eigenvalue weighted by molar-refractivity contribution is 0.318. The van der Waals surface area contributed by atoms with Crippen molar-refractivity contribution >= 4 is 21.8 Å². The zero-order valence-electron chi connectivity index (χ0n) is 14.9. The Labute approximate surface area is 165 Å². The van der Waals surface area contributed by atoms with Gasteiger partial charge in [-0.2, -0.15) is 0 Å². The molecule has 0 aliphatic rings. The first kappa shape index (κ1) is 18.8. The number of amidine groups is 1. The number of rotatable bonds is 4. The van der Waals surface area contributed by atoms with Crippen molar-refractivity contribution in [3.05, 3.63) is 70.2 Å². The largest absolute Gasteiger partial charge is 0.508 e. The van der Waals surface area contributed by atoms with Crippen molar-refractivity contribution in [2.24, 2.45) is 10.9 Å². The minimum Gasteiger partial charge on any atom is -0.508 e. The average molecular weight is 427 g/mol. The molecule has 0 spiro atoms. The second-order valence-electron chi connectivity index (χ2n) is 6.09. The summed E-state index contributed by atoms with van der Waals surface area (Å²) in [6.45, 7) is 1.99. The van der Waals surface area contributed by atoms with Crippen LogP contribution in [0.2, 0.25) is 0 Å². The fraction of sp³-hybridized carbons (Fsp3) is 0.0952. The first-order valence-electron chi connectivity index (χ1n) is 8.20. The normalized spacial score (nSPS) is 11.4. The van der Waals surface area contributed by atoms with Crippen molar-refractivity contribution in [2.45, 2.75) is 6.92 Å². The van der Waals surface area contributed by atoms with E-state index in [2.05, 4.69) is 21.1 Å². The number of ether oxygens (including phenoxy) is 1. The van der Waals surface area contributed by atoms with Crippen molar-refractivity contribution in [1.29, 1.82) is 0 Å². The van der Waals surface area contributed by atoms with Gasteiger partial charge in [-0.25, -0.2) is 0 Å². The summed E-state index contributed by atoms with van der Waals surface area (Å²) in [5.41, 5.74) is 11.1. The number of oxime groups is 1.